The van der Waals surface area contributed by atoms with E-state index < -0.39 is 4.92 Å². The molecule has 5 nitrogen and oxygen atoms in total. The lowest BCUT2D eigenvalue weighted by Crippen LogP contribution is -2.00. The molecule has 2 aromatic rings. The Balaban J connectivity index is 1.97. The number of allylic oxidation sites excluding steroid dienone is 1. The Morgan fingerprint density at radius 2 is 1.95 bits per heavy atom. The first-order chi connectivity index (χ1) is 10.5. The van der Waals surface area contributed by atoms with E-state index in [-0.39, 0.29) is 5.69 Å². The number of aromatic nitrogens is 2. The van der Waals surface area contributed by atoms with E-state index in [4.69, 9.17) is 0 Å². The average Bonchev–Trinajstić information content (AvgIpc) is 2.92. The van der Waals surface area contributed by atoms with E-state index >= 15 is 0 Å². The standard InChI is InChI=1S/C17H17N3O2/c1-10(2)13-8-15-11(3)18-17(19-16(15)9-13)12-4-6-14(7-5-12)20(21)22/h4-7,13H,1,8-9H2,2-3H3/t13-/m0/s1. The van der Waals surface area contributed by atoms with Crippen LogP contribution in [-0.4, -0.2) is 14.9 Å². The summed E-state index contributed by atoms with van der Waals surface area (Å²) in [6.45, 7) is 8.09. The Labute approximate surface area is 128 Å². The first kappa shape index (κ1) is 14.4. The summed E-state index contributed by atoms with van der Waals surface area (Å²) >= 11 is 0. The molecular weight excluding hydrogens is 278 g/mol. The number of benzene rings is 1. The number of rotatable bonds is 3. The Morgan fingerprint density at radius 3 is 2.55 bits per heavy atom. The fraction of sp³-hybridized carbons (Fsp3) is 0.294. The lowest BCUT2D eigenvalue weighted by molar-refractivity contribution is -0.384. The predicted molar refractivity (Wildman–Crippen MR) is 84.6 cm³/mol. The van der Waals surface area contributed by atoms with Crippen LogP contribution in [0.15, 0.2) is 36.4 Å². The van der Waals surface area contributed by atoms with E-state index in [1.807, 2.05) is 6.92 Å². The number of non-ortho nitro benzene ring substituents is 1. The largest absolute Gasteiger partial charge is 0.269 e. The van der Waals surface area contributed by atoms with E-state index in [2.05, 4.69) is 23.5 Å². The molecule has 1 aromatic heterocycles. The van der Waals surface area contributed by atoms with Gasteiger partial charge in [0.05, 0.1) is 4.92 Å². The molecule has 22 heavy (non-hydrogen) atoms. The SMILES string of the molecule is C=C(C)[C@@H]1Cc2nc(-c3ccc([N+](=O)[O-])cc3)nc(C)c2C1. The maximum atomic E-state index is 10.7. The molecule has 3 rings (SSSR count). The molecule has 5 heteroatoms. The van der Waals surface area contributed by atoms with Crippen molar-refractivity contribution in [1.29, 1.82) is 0 Å². The summed E-state index contributed by atoms with van der Waals surface area (Å²) in [7, 11) is 0. The number of hydrogen-bond donors (Lipinski definition) is 0. The van der Waals surface area contributed by atoms with Crippen molar-refractivity contribution in [2.45, 2.75) is 26.7 Å². The Morgan fingerprint density at radius 1 is 1.27 bits per heavy atom. The van der Waals surface area contributed by atoms with Crippen molar-refractivity contribution in [3.63, 3.8) is 0 Å². The summed E-state index contributed by atoms with van der Waals surface area (Å²) in [4.78, 5) is 19.6. The molecule has 0 aliphatic heterocycles. The molecule has 112 valence electrons. The zero-order valence-electron chi connectivity index (χ0n) is 12.7. The summed E-state index contributed by atoms with van der Waals surface area (Å²) in [5.41, 5.74) is 5.34. The predicted octanol–water partition coefficient (Wildman–Crippen LogP) is 3.65. The molecular formula is C17H17N3O2. The van der Waals surface area contributed by atoms with Gasteiger partial charge in [0, 0.05) is 29.1 Å². The molecule has 1 aliphatic carbocycles. The van der Waals surface area contributed by atoms with Gasteiger partial charge < -0.3 is 0 Å². The van der Waals surface area contributed by atoms with Crippen LogP contribution in [0.3, 0.4) is 0 Å². The van der Waals surface area contributed by atoms with Crippen LogP contribution < -0.4 is 0 Å². The number of aryl methyl sites for hydroxylation is 1. The summed E-state index contributed by atoms with van der Waals surface area (Å²) < 4.78 is 0. The van der Waals surface area contributed by atoms with Gasteiger partial charge in [-0.2, -0.15) is 0 Å². The second kappa shape index (κ2) is 5.33. The molecule has 1 aliphatic rings. The highest BCUT2D eigenvalue weighted by Crippen LogP contribution is 2.32. The molecule has 0 radical (unpaired) electrons. The minimum absolute atomic E-state index is 0.0731. The summed E-state index contributed by atoms with van der Waals surface area (Å²) in [6.07, 6.45) is 1.85. The Bertz CT molecular complexity index is 766. The molecule has 0 amide bonds. The van der Waals surface area contributed by atoms with Gasteiger partial charge in [0.1, 0.15) is 0 Å². The van der Waals surface area contributed by atoms with Crippen LogP contribution in [0.4, 0.5) is 5.69 Å². The van der Waals surface area contributed by atoms with Gasteiger partial charge in [0.15, 0.2) is 5.82 Å². The number of nitro groups is 1. The molecule has 1 atom stereocenters. The van der Waals surface area contributed by atoms with E-state index in [0.29, 0.717) is 11.7 Å². The van der Waals surface area contributed by atoms with Gasteiger partial charge in [0.25, 0.3) is 5.69 Å². The summed E-state index contributed by atoms with van der Waals surface area (Å²) in [5.74, 6) is 1.07. The highest BCUT2D eigenvalue weighted by molar-refractivity contribution is 5.58. The van der Waals surface area contributed by atoms with Gasteiger partial charge in [-0.15, -0.1) is 0 Å². The molecule has 1 aromatic carbocycles. The van der Waals surface area contributed by atoms with Crippen LogP contribution in [0.25, 0.3) is 11.4 Å². The van der Waals surface area contributed by atoms with Crippen molar-refractivity contribution in [2.24, 2.45) is 5.92 Å². The van der Waals surface area contributed by atoms with Gasteiger partial charge in [0.2, 0.25) is 0 Å². The molecule has 0 unspecified atom stereocenters. The first-order valence-corrected chi connectivity index (χ1v) is 7.22. The smallest absolute Gasteiger partial charge is 0.258 e. The minimum Gasteiger partial charge on any atom is -0.258 e. The number of fused-ring (bicyclic) bond motifs is 1. The topological polar surface area (TPSA) is 68.9 Å². The highest BCUT2D eigenvalue weighted by atomic mass is 16.6. The van der Waals surface area contributed by atoms with Crippen molar-refractivity contribution < 1.29 is 4.92 Å². The van der Waals surface area contributed by atoms with E-state index in [1.165, 1.54) is 23.3 Å². The minimum atomic E-state index is -0.407. The lowest BCUT2D eigenvalue weighted by Gasteiger charge is -2.06. The number of nitrogens with zero attached hydrogens (tertiary/aromatic N) is 3. The molecule has 0 saturated heterocycles. The van der Waals surface area contributed by atoms with Gasteiger partial charge in [-0.25, -0.2) is 9.97 Å². The van der Waals surface area contributed by atoms with Crippen LogP contribution in [-0.2, 0) is 12.8 Å². The third kappa shape index (κ3) is 2.50. The second-order valence-corrected chi connectivity index (χ2v) is 5.81. The van der Waals surface area contributed by atoms with E-state index in [9.17, 15) is 10.1 Å². The third-order valence-electron chi connectivity index (χ3n) is 4.22. The molecule has 0 spiro atoms. The van der Waals surface area contributed by atoms with Crippen LogP contribution in [0, 0.1) is 23.0 Å². The second-order valence-electron chi connectivity index (χ2n) is 5.81. The Kier molecular flexibility index (Phi) is 3.48. The molecule has 0 fully saturated rings. The van der Waals surface area contributed by atoms with Crippen molar-refractivity contribution in [3.8, 4) is 11.4 Å². The molecule has 0 bridgehead atoms. The fourth-order valence-corrected chi connectivity index (χ4v) is 2.85. The van der Waals surface area contributed by atoms with Crippen LogP contribution in [0.5, 0.6) is 0 Å². The highest BCUT2D eigenvalue weighted by Gasteiger charge is 2.26. The maximum absolute atomic E-state index is 10.7. The monoisotopic (exact) mass is 295 g/mol. The van der Waals surface area contributed by atoms with Crippen LogP contribution in [0.2, 0.25) is 0 Å². The first-order valence-electron chi connectivity index (χ1n) is 7.22. The Hall–Kier alpha value is -2.56. The van der Waals surface area contributed by atoms with Crippen LogP contribution >= 0.6 is 0 Å². The van der Waals surface area contributed by atoms with Gasteiger partial charge in [-0.3, -0.25) is 10.1 Å². The van der Waals surface area contributed by atoms with Gasteiger partial charge >= 0.3 is 0 Å². The third-order valence-corrected chi connectivity index (χ3v) is 4.22. The quantitative estimate of drug-likeness (QED) is 0.492. The van der Waals surface area contributed by atoms with Crippen molar-refractivity contribution >= 4 is 5.69 Å². The van der Waals surface area contributed by atoms with Crippen molar-refractivity contribution in [3.05, 3.63) is 63.5 Å². The average molecular weight is 295 g/mol. The maximum Gasteiger partial charge on any atom is 0.269 e. The normalized spacial score (nSPS) is 16.4. The summed E-state index contributed by atoms with van der Waals surface area (Å²) in [5, 5.41) is 10.7. The van der Waals surface area contributed by atoms with Gasteiger partial charge in [-0.1, -0.05) is 12.2 Å². The lowest BCUT2D eigenvalue weighted by atomic mass is 9.99. The fourth-order valence-electron chi connectivity index (χ4n) is 2.85. The summed E-state index contributed by atoms with van der Waals surface area (Å²) in [6, 6.07) is 6.37. The molecule has 1 heterocycles. The van der Waals surface area contributed by atoms with Crippen LogP contribution in [0.1, 0.15) is 23.9 Å². The van der Waals surface area contributed by atoms with E-state index in [1.54, 1.807) is 12.1 Å². The number of nitro benzene ring substituents is 1. The zero-order chi connectivity index (χ0) is 15.9. The van der Waals surface area contributed by atoms with Gasteiger partial charge in [-0.05, 0) is 50.3 Å². The molecule has 0 N–H and O–H groups in total. The number of hydrogen-bond acceptors (Lipinski definition) is 4. The van der Waals surface area contributed by atoms with Crippen molar-refractivity contribution in [1.82, 2.24) is 9.97 Å². The molecule has 0 saturated carbocycles. The zero-order valence-corrected chi connectivity index (χ0v) is 12.7. The van der Waals surface area contributed by atoms with E-state index in [0.717, 1.165) is 29.8 Å². The van der Waals surface area contributed by atoms with Crippen molar-refractivity contribution in [2.75, 3.05) is 0 Å².